The quantitative estimate of drug-likeness (QED) is 0.237. The average molecular weight is 639 g/mol. The highest BCUT2D eigenvalue weighted by atomic mass is 35.5. The van der Waals surface area contributed by atoms with Crippen LogP contribution in [0.1, 0.15) is 43.4 Å². The fourth-order valence-electron chi connectivity index (χ4n) is 4.37. The van der Waals surface area contributed by atoms with E-state index in [9.17, 15) is 18.0 Å². The normalized spacial score (nSPS) is 12.1. The molecule has 0 saturated heterocycles. The molecular formula is C30H34Cl3N3O4S. The third-order valence-electron chi connectivity index (χ3n) is 6.61. The van der Waals surface area contributed by atoms with Crippen molar-refractivity contribution in [1.82, 2.24) is 10.2 Å². The molecule has 0 bridgehead atoms. The van der Waals surface area contributed by atoms with Crippen LogP contribution < -0.4 is 9.62 Å². The van der Waals surface area contributed by atoms with Crippen LogP contribution in [0.15, 0.2) is 65.6 Å². The van der Waals surface area contributed by atoms with Gasteiger partial charge in [0.15, 0.2) is 0 Å². The lowest BCUT2D eigenvalue weighted by molar-refractivity contribution is -0.140. The maximum Gasteiger partial charge on any atom is 0.264 e. The Labute approximate surface area is 257 Å². The van der Waals surface area contributed by atoms with Crippen molar-refractivity contribution in [3.8, 4) is 0 Å². The summed E-state index contributed by atoms with van der Waals surface area (Å²) in [5.74, 6) is -0.900. The lowest BCUT2D eigenvalue weighted by atomic mass is 10.1. The Morgan fingerprint density at radius 1 is 0.902 bits per heavy atom. The minimum absolute atomic E-state index is 0.0229. The highest BCUT2D eigenvalue weighted by molar-refractivity contribution is 7.92. The molecule has 3 aromatic carbocycles. The number of halogens is 3. The van der Waals surface area contributed by atoms with Gasteiger partial charge in [0, 0.05) is 28.2 Å². The zero-order chi connectivity index (χ0) is 30.3. The number of aryl methyl sites for hydroxylation is 2. The summed E-state index contributed by atoms with van der Waals surface area (Å²) in [4.78, 5) is 28.8. The monoisotopic (exact) mass is 637 g/mol. The number of sulfonamides is 1. The van der Waals surface area contributed by atoms with E-state index in [1.807, 2.05) is 13.8 Å². The van der Waals surface area contributed by atoms with Crippen LogP contribution >= 0.6 is 34.8 Å². The van der Waals surface area contributed by atoms with Gasteiger partial charge in [0.05, 0.1) is 10.6 Å². The van der Waals surface area contributed by atoms with Gasteiger partial charge >= 0.3 is 0 Å². The predicted molar refractivity (Wildman–Crippen MR) is 166 cm³/mol. The predicted octanol–water partition coefficient (Wildman–Crippen LogP) is 6.79. The fraction of sp³-hybridized carbons (Fsp3) is 0.333. The zero-order valence-corrected chi connectivity index (χ0v) is 26.5. The van der Waals surface area contributed by atoms with Crippen LogP contribution in [-0.2, 0) is 26.2 Å². The Bertz CT molecular complexity index is 1500. The first kappa shape index (κ1) is 32.7. The summed E-state index contributed by atoms with van der Waals surface area (Å²) in [5, 5.41) is 4.05. The van der Waals surface area contributed by atoms with Gasteiger partial charge in [0.25, 0.3) is 10.0 Å². The minimum Gasteiger partial charge on any atom is -0.354 e. The van der Waals surface area contributed by atoms with Gasteiger partial charge in [0.2, 0.25) is 11.8 Å². The van der Waals surface area contributed by atoms with Crippen molar-refractivity contribution in [1.29, 1.82) is 0 Å². The van der Waals surface area contributed by atoms with Crippen LogP contribution in [0.4, 0.5) is 5.69 Å². The van der Waals surface area contributed by atoms with Gasteiger partial charge in [-0.25, -0.2) is 8.42 Å². The summed E-state index contributed by atoms with van der Waals surface area (Å²) in [7, 11) is -4.19. The van der Waals surface area contributed by atoms with E-state index < -0.39 is 28.5 Å². The van der Waals surface area contributed by atoms with Gasteiger partial charge in [0.1, 0.15) is 12.6 Å². The number of amides is 2. The van der Waals surface area contributed by atoms with Crippen LogP contribution in [0.5, 0.6) is 0 Å². The molecule has 3 rings (SSSR count). The van der Waals surface area contributed by atoms with E-state index in [0.29, 0.717) is 44.8 Å². The Balaban J connectivity index is 2.11. The highest BCUT2D eigenvalue weighted by Gasteiger charge is 2.34. The van der Waals surface area contributed by atoms with Crippen LogP contribution in [0.2, 0.25) is 15.1 Å². The summed E-state index contributed by atoms with van der Waals surface area (Å²) in [5.41, 5.74) is 2.34. The number of carbonyl (C=O) groups excluding carboxylic acids is 2. The summed E-state index contributed by atoms with van der Waals surface area (Å²) in [6, 6.07) is 15.2. The lowest BCUT2D eigenvalue weighted by Crippen LogP contribution is -2.52. The molecule has 0 aliphatic rings. The van der Waals surface area contributed by atoms with Crippen LogP contribution in [0.3, 0.4) is 0 Å². The molecule has 0 radical (unpaired) electrons. The van der Waals surface area contributed by atoms with Crippen LogP contribution in [-0.4, -0.2) is 44.3 Å². The van der Waals surface area contributed by atoms with Crippen molar-refractivity contribution in [2.45, 2.75) is 58.0 Å². The maximum absolute atomic E-state index is 14.1. The summed E-state index contributed by atoms with van der Waals surface area (Å²) < 4.78 is 29.1. The smallest absolute Gasteiger partial charge is 0.264 e. The van der Waals surface area contributed by atoms with Crippen LogP contribution in [0.25, 0.3) is 0 Å². The van der Waals surface area contributed by atoms with Crippen molar-refractivity contribution in [2.24, 2.45) is 0 Å². The van der Waals surface area contributed by atoms with E-state index in [0.717, 1.165) is 16.3 Å². The van der Waals surface area contributed by atoms with E-state index in [4.69, 9.17) is 34.8 Å². The first-order valence-corrected chi connectivity index (χ1v) is 15.8. The SMILES string of the molecule is CCCNC(=O)[C@H](CC)N(Cc1ccc(Cl)cc1Cl)C(=O)CN(c1ccc(Cl)cc1C)S(=O)(=O)c1ccc(C)cc1. The molecule has 11 heteroatoms. The molecule has 220 valence electrons. The Kier molecular flexibility index (Phi) is 11.5. The first-order chi connectivity index (χ1) is 19.4. The van der Waals surface area contributed by atoms with Gasteiger partial charge in [-0.3, -0.25) is 13.9 Å². The topological polar surface area (TPSA) is 86.8 Å². The van der Waals surface area contributed by atoms with E-state index in [1.54, 1.807) is 62.4 Å². The molecule has 0 aromatic heterocycles. The number of nitrogens with zero attached hydrogens (tertiary/aromatic N) is 2. The number of nitrogens with one attached hydrogen (secondary N) is 1. The second kappa shape index (κ2) is 14.4. The molecular weight excluding hydrogens is 605 g/mol. The number of benzene rings is 3. The third-order valence-corrected chi connectivity index (χ3v) is 9.20. The van der Waals surface area contributed by atoms with Gasteiger partial charge in [-0.15, -0.1) is 0 Å². The lowest BCUT2D eigenvalue weighted by Gasteiger charge is -2.33. The number of carbonyl (C=O) groups is 2. The summed E-state index contributed by atoms with van der Waals surface area (Å²) >= 11 is 18.7. The summed E-state index contributed by atoms with van der Waals surface area (Å²) in [6.45, 7) is 7.17. The average Bonchev–Trinajstić information content (AvgIpc) is 2.92. The highest BCUT2D eigenvalue weighted by Crippen LogP contribution is 2.30. The molecule has 0 aliphatic heterocycles. The molecule has 1 N–H and O–H groups in total. The Hall–Kier alpha value is -2.78. The molecule has 1 atom stereocenters. The standard InChI is InChI=1S/C30H34Cl3N3O4S/c1-5-15-34-30(38)27(6-2)35(18-22-9-10-24(32)17-26(22)33)29(37)19-36(28-14-11-23(31)16-21(28)4)41(39,40)25-12-7-20(3)8-13-25/h7-14,16-17,27H,5-6,15,18-19H2,1-4H3,(H,34,38)/t27-/m0/s1. The Morgan fingerprint density at radius 3 is 2.12 bits per heavy atom. The largest absolute Gasteiger partial charge is 0.354 e. The van der Waals surface area contributed by atoms with E-state index >= 15 is 0 Å². The summed E-state index contributed by atoms with van der Waals surface area (Å²) in [6.07, 6.45) is 1.02. The van der Waals surface area contributed by atoms with E-state index in [2.05, 4.69) is 5.32 Å². The van der Waals surface area contributed by atoms with Crippen molar-refractivity contribution < 1.29 is 18.0 Å². The second-order valence-electron chi connectivity index (χ2n) is 9.73. The molecule has 0 heterocycles. The van der Waals surface area contributed by atoms with Crippen molar-refractivity contribution in [3.05, 3.63) is 92.4 Å². The van der Waals surface area contributed by atoms with Crippen molar-refractivity contribution >= 4 is 62.3 Å². The van der Waals surface area contributed by atoms with Gasteiger partial charge in [-0.2, -0.15) is 0 Å². The number of rotatable bonds is 12. The molecule has 41 heavy (non-hydrogen) atoms. The zero-order valence-electron chi connectivity index (χ0n) is 23.5. The van der Waals surface area contributed by atoms with E-state index in [-0.39, 0.29) is 17.3 Å². The number of anilines is 1. The van der Waals surface area contributed by atoms with Gasteiger partial charge in [-0.1, -0.05) is 72.4 Å². The molecule has 0 spiro atoms. The fourth-order valence-corrected chi connectivity index (χ4v) is 6.54. The van der Waals surface area contributed by atoms with Crippen molar-refractivity contribution in [3.63, 3.8) is 0 Å². The van der Waals surface area contributed by atoms with Crippen LogP contribution in [0, 0.1) is 13.8 Å². The minimum atomic E-state index is -4.19. The van der Waals surface area contributed by atoms with Crippen molar-refractivity contribution in [2.75, 3.05) is 17.4 Å². The van der Waals surface area contributed by atoms with E-state index in [1.165, 1.54) is 17.0 Å². The first-order valence-electron chi connectivity index (χ1n) is 13.3. The van der Waals surface area contributed by atoms with Gasteiger partial charge < -0.3 is 10.2 Å². The number of hydrogen-bond acceptors (Lipinski definition) is 4. The third kappa shape index (κ3) is 8.16. The molecule has 0 aliphatic carbocycles. The molecule has 0 unspecified atom stereocenters. The molecule has 3 aromatic rings. The Morgan fingerprint density at radius 2 is 1.54 bits per heavy atom. The number of hydrogen-bond donors (Lipinski definition) is 1. The maximum atomic E-state index is 14.1. The second-order valence-corrected chi connectivity index (χ2v) is 12.9. The molecule has 7 nitrogen and oxygen atoms in total. The molecule has 2 amide bonds. The molecule has 0 saturated carbocycles. The molecule has 0 fully saturated rings. The van der Waals surface area contributed by atoms with Gasteiger partial charge in [-0.05, 0) is 80.3 Å².